The molecule has 0 atom stereocenters. The van der Waals surface area contributed by atoms with Crippen molar-refractivity contribution in [1.82, 2.24) is 9.80 Å². The number of ether oxygens (including phenoxy) is 1. The zero-order chi connectivity index (χ0) is 16.8. The summed E-state index contributed by atoms with van der Waals surface area (Å²) < 4.78 is 5.58. The number of likely N-dealkylation sites (tertiary alicyclic amines) is 2. The van der Waals surface area contributed by atoms with Crippen LogP contribution in [-0.2, 0) is 11.3 Å². The zero-order valence-electron chi connectivity index (χ0n) is 14.9. The van der Waals surface area contributed by atoms with Crippen molar-refractivity contribution in [2.75, 3.05) is 32.8 Å². The van der Waals surface area contributed by atoms with Gasteiger partial charge in [0, 0.05) is 26.1 Å². The quantitative estimate of drug-likeness (QED) is 0.802. The van der Waals surface area contributed by atoms with Crippen LogP contribution in [0.1, 0.15) is 44.6 Å². The van der Waals surface area contributed by atoms with Crippen molar-refractivity contribution in [2.24, 2.45) is 5.92 Å². The molecule has 132 valence electrons. The van der Waals surface area contributed by atoms with Gasteiger partial charge in [-0.1, -0.05) is 12.1 Å². The fraction of sp³-hybridized carbons (Fsp3) is 0.650. The molecule has 0 N–H and O–H groups in total. The molecule has 4 heteroatoms. The summed E-state index contributed by atoms with van der Waals surface area (Å²) in [6, 6.07) is 8.41. The van der Waals surface area contributed by atoms with E-state index in [2.05, 4.69) is 28.0 Å². The number of hydrogen-bond donors (Lipinski definition) is 0. The molecule has 2 saturated heterocycles. The molecule has 0 bridgehead atoms. The van der Waals surface area contributed by atoms with Crippen molar-refractivity contribution in [1.29, 1.82) is 0 Å². The van der Waals surface area contributed by atoms with Crippen LogP contribution in [0, 0.1) is 5.92 Å². The van der Waals surface area contributed by atoms with E-state index >= 15 is 0 Å². The molecule has 3 rings (SSSR count). The average molecular weight is 330 g/mol. The Balaban J connectivity index is 1.43. The Kier molecular flexibility index (Phi) is 6.13. The van der Waals surface area contributed by atoms with Crippen molar-refractivity contribution < 1.29 is 9.53 Å². The topological polar surface area (TPSA) is 32.8 Å². The lowest BCUT2D eigenvalue weighted by molar-refractivity contribution is -0.131. The molecule has 0 aromatic heterocycles. The number of amides is 1. The van der Waals surface area contributed by atoms with Gasteiger partial charge in [-0.3, -0.25) is 9.69 Å². The second-order valence-electron chi connectivity index (χ2n) is 7.09. The van der Waals surface area contributed by atoms with Crippen LogP contribution < -0.4 is 4.74 Å². The number of hydrogen-bond acceptors (Lipinski definition) is 3. The average Bonchev–Trinajstić information content (AvgIpc) is 3.12. The first-order chi connectivity index (χ1) is 11.7. The lowest BCUT2D eigenvalue weighted by Gasteiger charge is -2.32. The van der Waals surface area contributed by atoms with Crippen LogP contribution in [0.5, 0.6) is 5.75 Å². The molecule has 0 saturated carbocycles. The van der Waals surface area contributed by atoms with E-state index in [1.165, 1.54) is 18.4 Å². The minimum absolute atomic E-state index is 0.385. The van der Waals surface area contributed by atoms with Gasteiger partial charge in [0.1, 0.15) is 5.75 Å². The van der Waals surface area contributed by atoms with E-state index < -0.39 is 0 Å². The summed E-state index contributed by atoms with van der Waals surface area (Å²) in [7, 11) is 0. The monoisotopic (exact) mass is 330 g/mol. The molecule has 2 aliphatic heterocycles. The largest absolute Gasteiger partial charge is 0.494 e. The molecule has 4 nitrogen and oxygen atoms in total. The summed E-state index contributed by atoms with van der Waals surface area (Å²) in [6.07, 6.45) is 5.42. The minimum Gasteiger partial charge on any atom is -0.494 e. The molecule has 2 heterocycles. The van der Waals surface area contributed by atoms with Gasteiger partial charge in [0.2, 0.25) is 5.91 Å². The van der Waals surface area contributed by atoms with Gasteiger partial charge in [-0.05, 0) is 69.3 Å². The highest BCUT2D eigenvalue weighted by atomic mass is 16.5. The van der Waals surface area contributed by atoms with Crippen LogP contribution in [-0.4, -0.2) is 48.5 Å². The molecular weight excluding hydrogens is 300 g/mol. The number of carbonyl (C=O) groups excluding carboxylic acids is 1. The molecule has 2 fully saturated rings. The Hall–Kier alpha value is -1.55. The predicted octanol–water partition coefficient (Wildman–Crippen LogP) is 3.31. The molecule has 2 aliphatic rings. The Bertz CT molecular complexity index is 532. The van der Waals surface area contributed by atoms with E-state index in [1.807, 2.05) is 13.0 Å². The van der Waals surface area contributed by atoms with E-state index in [4.69, 9.17) is 4.74 Å². The molecule has 0 unspecified atom stereocenters. The maximum absolute atomic E-state index is 12.3. The molecule has 0 spiro atoms. The third-order valence-electron chi connectivity index (χ3n) is 5.24. The first-order valence-corrected chi connectivity index (χ1v) is 9.46. The van der Waals surface area contributed by atoms with E-state index in [1.54, 1.807) is 0 Å². The SMILES string of the molecule is CCOc1cccc(CN2CCC(CC(=O)N3CCCC3)CC2)c1. The summed E-state index contributed by atoms with van der Waals surface area (Å²) in [5, 5.41) is 0. The first kappa shape index (κ1) is 17.3. The molecule has 1 amide bonds. The normalized spacial score (nSPS) is 19.6. The van der Waals surface area contributed by atoms with E-state index in [9.17, 15) is 4.79 Å². The summed E-state index contributed by atoms with van der Waals surface area (Å²) in [5.41, 5.74) is 1.31. The van der Waals surface area contributed by atoms with Crippen molar-refractivity contribution in [3.05, 3.63) is 29.8 Å². The highest BCUT2D eigenvalue weighted by Gasteiger charge is 2.25. The fourth-order valence-corrected chi connectivity index (χ4v) is 3.85. The van der Waals surface area contributed by atoms with Gasteiger partial charge in [-0.2, -0.15) is 0 Å². The molecule has 1 aromatic carbocycles. The van der Waals surface area contributed by atoms with Crippen LogP contribution in [0.25, 0.3) is 0 Å². The van der Waals surface area contributed by atoms with Crippen LogP contribution in [0.3, 0.4) is 0 Å². The number of benzene rings is 1. The molecule has 1 aromatic rings. The third kappa shape index (κ3) is 4.73. The van der Waals surface area contributed by atoms with Gasteiger partial charge < -0.3 is 9.64 Å². The Morgan fingerprint density at radius 2 is 1.92 bits per heavy atom. The fourth-order valence-electron chi connectivity index (χ4n) is 3.85. The van der Waals surface area contributed by atoms with Crippen molar-refractivity contribution >= 4 is 5.91 Å². The maximum Gasteiger partial charge on any atom is 0.222 e. The summed E-state index contributed by atoms with van der Waals surface area (Å²) in [4.78, 5) is 16.8. The number of nitrogens with zero attached hydrogens (tertiary/aromatic N) is 2. The van der Waals surface area contributed by atoms with Gasteiger partial charge in [0.05, 0.1) is 6.61 Å². The maximum atomic E-state index is 12.3. The van der Waals surface area contributed by atoms with Crippen LogP contribution in [0.2, 0.25) is 0 Å². The number of piperidine rings is 1. The van der Waals surface area contributed by atoms with Crippen LogP contribution in [0.15, 0.2) is 24.3 Å². The Morgan fingerprint density at radius 1 is 1.17 bits per heavy atom. The molecule has 0 radical (unpaired) electrons. The van der Waals surface area contributed by atoms with Gasteiger partial charge in [0.25, 0.3) is 0 Å². The summed E-state index contributed by atoms with van der Waals surface area (Å²) >= 11 is 0. The third-order valence-corrected chi connectivity index (χ3v) is 5.24. The smallest absolute Gasteiger partial charge is 0.222 e. The Labute approximate surface area is 145 Å². The van der Waals surface area contributed by atoms with E-state index in [0.29, 0.717) is 18.4 Å². The van der Waals surface area contributed by atoms with E-state index in [0.717, 1.165) is 57.7 Å². The standard InChI is InChI=1S/C20H30N2O2/c1-2-24-19-7-5-6-18(14-19)16-21-12-8-17(9-13-21)15-20(23)22-10-3-4-11-22/h5-7,14,17H,2-4,8-13,15-16H2,1H3. The van der Waals surface area contributed by atoms with Crippen LogP contribution >= 0.6 is 0 Å². The molecular formula is C20H30N2O2. The molecule has 24 heavy (non-hydrogen) atoms. The lowest BCUT2D eigenvalue weighted by atomic mass is 9.92. The first-order valence-electron chi connectivity index (χ1n) is 9.46. The number of carbonyl (C=O) groups is 1. The highest BCUT2D eigenvalue weighted by Crippen LogP contribution is 2.24. The van der Waals surface area contributed by atoms with Crippen molar-refractivity contribution in [3.8, 4) is 5.75 Å². The van der Waals surface area contributed by atoms with Crippen LogP contribution in [0.4, 0.5) is 0 Å². The van der Waals surface area contributed by atoms with Gasteiger partial charge in [0.15, 0.2) is 0 Å². The lowest BCUT2D eigenvalue weighted by Crippen LogP contribution is -2.36. The summed E-state index contributed by atoms with van der Waals surface area (Å²) in [6.45, 7) is 7.85. The second kappa shape index (κ2) is 8.52. The van der Waals surface area contributed by atoms with Gasteiger partial charge >= 0.3 is 0 Å². The van der Waals surface area contributed by atoms with Gasteiger partial charge in [-0.15, -0.1) is 0 Å². The number of rotatable bonds is 6. The summed E-state index contributed by atoms with van der Waals surface area (Å²) in [5.74, 6) is 1.92. The van der Waals surface area contributed by atoms with Crippen molar-refractivity contribution in [3.63, 3.8) is 0 Å². The Morgan fingerprint density at radius 3 is 2.62 bits per heavy atom. The zero-order valence-corrected chi connectivity index (χ0v) is 14.9. The predicted molar refractivity (Wildman–Crippen MR) is 96.0 cm³/mol. The second-order valence-corrected chi connectivity index (χ2v) is 7.09. The van der Waals surface area contributed by atoms with Crippen molar-refractivity contribution in [2.45, 2.75) is 45.6 Å². The highest BCUT2D eigenvalue weighted by molar-refractivity contribution is 5.76. The molecule has 0 aliphatic carbocycles. The minimum atomic E-state index is 0.385. The van der Waals surface area contributed by atoms with Gasteiger partial charge in [-0.25, -0.2) is 0 Å². The van der Waals surface area contributed by atoms with E-state index in [-0.39, 0.29) is 0 Å².